The van der Waals surface area contributed by atoms with Gasteiger partial charge in [-0.15, -0.1) is 0 Å². The minimum Gasteiger partial charge on any atom is -0.459 e. The molecule has 0 heterocycles. The van der Waals surface area contributed by atoms with E-state index in [1.54, 1.807) is 0 Å². The zero-order chi connectivity index (χ0) is 15.2. The third kappa shape index (κ3) is 4.53. The van der Waals surface area contributed by atoms with Gasteiger partial charge in [0.15, 0.2) is 5.78 Å². The highest BCUT2D eigenvalue weighted by Crippen LogP contribution is 2.42. The Kier molecular flexibility index (Phi) is 5.74. The van der Waals surface area contributed by atoms with E-state index in [0.717, 1.165) is 38.5 Å². The van der Waals surface area contributed by atoms with E-state index in [0.29, 0.717) is 11.8 Å². The number of carbonyl (C=O) groups is 2. The van der Waals surface area contributed by atoms with E-state index < -0.39 is 0 Å². The molecule has 2 rings (SSSR count). The van der Waals surface area contributed by atoms with E-state index in [4.69, 9.17) is 9.47 Å². The van der Waals surface area contributed by atoms with Crippen molar-refractivity contribution in [3.05, 3.63) is 25.3 Å². The van der Waals surface area contributed by atoms with E-state index in [-0.39, 0.29) is 30.6 Å². The summed E-state index contributed by atoms with van der Waals surface area (Å²) in [5.74, 6) is 0.855. The number of carbonyl (C=O) groups excluding carboxylic acids is 2. The van der Waals surface area contributed by atoms with Gasteiger partial charge in [0, 0.05) is 6.08 Å². The third-order valence-corrected chi connectivity index (χ3v) is 4.66. The quantitative estimate of drug-likeness (QED) is 0.558. The summed E-state index contributed by atoms with van der Waals surface area (Å²) in [6.45, 7) is 7.03. The molecule has 4 heteroatoms. The molecule has 0 amide bonds. The van der Waals surface area contributed by atoms with Crippen LogP contribution in [0.1, 0.15) is 38.5 Å². The smallest absolute Gasteiger partial charge is 0.330 e. The Balaban J connectivity index is 1.77. The molecule has 0 spiro atoms. The number of ketones is 1. The second-order valence-electron chi connectivity index (χ2n) is 6.01. The summed E-state index contributed by atoms with van der Waals surface area (Å²) >= 11 is 0. The largest absolute Gasteiger partial charge is 0.459 e. The summed E-state index contributed by atoms with van der Waals surface area (Å²) < 4.78 is 11.0. The Labute approximate surface area is 126 Å². The van der Waals surface area contributed by atoms with Crippen molar-refractivity contribution in [1.82, 2.24) is 0 Å². The fourth-order valence-corrected chi connectivity index (χ4v) is 3.53. The average molecular weight is 292 g/mol. The Morgan fingerprint density at radius 1 is 0.952 bits per heavy atom. The molecule has 4 nitrogen and oxygen atoms in total. The molecule has 2 saturated carbocycles. The van der Waals surface area contributed by atoms with Gasteiger partial charge in [0.05, 0.1) is 6.10 Å². The molecule has 0 aromatic rings. The molecular formula is C17H24O4. The maximum atomic E-state index is 11.3. The van der Waals surface area contributed by atoms with E-state index in [9.17, 15) is 9.59 Å². The number of rotatable bonds is 6. The lowest BCUT2D eigenvalue weighted by atomic mass is 9.69. The van der Waals surface area contributed by atoms with Crippen molar-refractivity contribution in [1.29, 1.82) is 0 Å². The van der Waals surface area contributed by atoms with Gasteiger partial charge in [-0.25, -0.2) is 4.79 Å². The van der Waals surface area contributed by atoms with Gasteiger partial charge in [0.2, 0.25) is 0 Å². The molecule has 0 radical (unpaired) electrons. The third-order valence-electron chi connectivity index (χ3n) is 4.66. The summed E-state index contributed by atoms with van der Waals surface area (Å²) in [5, 5.41) is 0. The van der Waals surface area contributed by atoms with E-state index in [1.807, 2.05) is 0 Å². The highest BCUT2D eigenvalue weighted by molar-refractivity contribution is 5.90. The first-order valence-electron chi connectivity index (χ1n) is 7.72. The van der Waals surface area contributed by atoms with Gasteiger partial charge in [-0.2, -0.15) is 0 Å². The number of hydrogen-bond acceptors (Lipinski definition) is 4. The summed E-state index contributed by atoms with van der Waals surface area (Å²) in [6.07, 6.45) is 8.76. The lowest BCUT2D eigenvalue weighted by Crippen LogP contribution is -2.37. The molecule has 21 heavy (non-hydrogen) atoms. The number of fused-ring (bicyclic) bond motifs is 1. The van der Waals surface area contributed by atoms with Crippen LogP contribution in [0.25, 0.3) is 0 Å². The fourth-order valence-electron chi connectivity index (χ4n) is 3.53. The molecule has 2 aliphatic rings. The highest BCUT2D eigenvalue weighted by Gasteiger charge is 2.37. The summed E-state index contributed by atoms with van der Waals surface area (Å²) in [7, 11) is 0. The van der Waals surface area contributed by atoms with Crippen LogP contribution in [0.2, 0.25) is 0 Å². The maximum Gasteiger partial charge on any atom is 0.330 e. The molecule has 2 fully saturated rings. The van der Waals surface area contributed by atoms with Crippen molar-refractivity contribution in [2.24, 2.45) is 11.8 Å². The molecule has 4 unspecified atom stereocenters. The van der Waals surface area contributed by atoms with Gasteiger partial charge in [-0.05, 0) is 56.4 Å². The number of esters is 1. The molecular weight excluding hydrogens is 268 g/mol. The lowest BCUT2D eigenvalue weighted by Gasteiger charge is -2.41. The van der Waals surface area contributed by atoms with Crippen LogP contribution in [0, 0.1) is 11.8 Å². The van der Waals surface area contributed by atoms with E-state index >= 15 is 0 Å². The Bertz CT molecular complexity index is 415. The molecule has 4 atom stereocenters. The first-order valence-corrected chi connectivity index (χ1v) is 7.72. The number of hydrogen-bond donors (Lipinski definition) is 0. The van der Waals surface area contributed by atoms with Crippen LogP contribution in [-0.2, 0) is 19.1 Å². The summed E-state index contributed by atoms with van der Waals surface area (Å²) in [5.41, 5.74) is 0. The molecule has 116 valence electrons. The minimum absolute atomic E-state index is 0.0385. The normalized spacial score (nSPS) is 31.8. The second kappa shape index (κ2) is 7.55. The SMILES string of the molecule is C=CC(=O)COC1CCC2CC(OC(=O)C=C)CCC2C1. The molecule has 0 aliphatic heterocycles. The highest BCUT2D eigenvalue weighted by atomic mass is 16.5. The average Bonchev–Trinajstić information content (AvgIpc) is 2.52. The predicted molar refractivity (Wildman–Crippen MR) is 79.7 cm³/mol. The summed E-state index contributed by atoms with van der Waals surface area (Å²) in [4.78, 5) is 22.5. The monoisotopic (exact) mass is 292 g/mol. The van der Waals surface area contributed by atoms with Crippen LogP contribution in [0.3, 0.4) is 0 Å². The zero-order valence-electron chi connectivity index (χ0n) is 12.5. The molecule has 0 bridgehead atoms. The minimum atomic E-state index is -0.321. The second-order valence-corrected chi connectivity index (χ2v) is 6.01. The molecule has 0 saturated heterocycles. The van der Waals surface area contributed by atoms with Crippen molar-refractivity contribution in [3.63, 3.8) is 0 Å². The summed E-state index contributed by atoms with van der Waals surface area (Å²) in [6, 6.07) is 0. The van der Waals surface area contributed by atoms with E-state index in [1.165, 1.54) is 12.2 Å². The first-order chi connectivity index (χ1) is 10.1. The molecule has 0 N–H and O–H groups in total. The lowest BCUT2D eigenvalue weighted by molar-refractivity contribution is -0.147. The van der Waals surface area contributed by atoms with Gasteiger partial charge >= 0.3 is 5.97 Å². The van der Waals surface area contributed by atoms with Crippen LogP contribution in [0.5, 0.6) is 0 Å². The Morgan fingerprint density at radius 2 is 1.57 bits per heavy atom. The van der Waals surface area contributed by atoms with Crippen LogP contribution in [-0.4, -0.2) is 30.6 Å². The van der Waals surface area contributed by atoms with Gasteiger partial charge in [0.25, 0.3) is 0 Å². The van der Waals surface area contributed by atoms with Crippen molar-refractivity contribution >= 4 is 11.8 Å². The topological polar surface area (TPSA) is 52.6 Å². The number of ether oxygens (including phenoxy) is 2. The van der Waals surface area contributed by atoms with Gasteiger partial charge in [0.1, 0.15) is 12.7 Å². The van der Waals surface area contributed by atoms with Crippen molar-refractivity contribution < 1.29 is 19.1 Å². The van der Waals surface area contributed by atoms with Crippen LogP contribution in [0.4, 0.5) is 0 Å². The molecule has 0 aromatic carbocycles. The predicted octanol–water partition coefficient (Wildman–Crippen LogP) is 2.82. The van der Waals surface area contributed by atoms with Crippen LogP contribution >= 0.6 is 0 Å². The Hall–Kier alpha value is -1.42. The van der Waals surface area contributed by atoms with E-state index in [2.05, 4.69) is 13.2 Å². The fraction of sp³-hybridized carbons (Fsp3) is 0.647. The standard InChI is InChI=1S/C17H24O4/c1-3-14(18)11-20-15-7-5-13-10-16(21-17(19)4-2)8-6-12(13)9-15/h3-4,12-13,15-16H,1-2,5-11H2. The molecule has 0 aromatic heterocycles. The Morgan fingerprint density at radius 3 is 2.19 bits per heavy atom. The van der Waals surface area contributed by atoms with Gasteiger partial charge in [-0.1, -0.05) is 13.2 Å². The van der Waals surface area contributed by atoms with Crippen molar-refractivity contribution in [2.75, 3.05) is 6.61 Å². The van der Waals surface area contributed by atoms with Crippen LogP contribution in [0.15, 0.2) is 25.3 Å². The maximum absolute atomic E-state index is 11.3. The zero-order valence-corrected chi connectivity index (χ0v) is 12.5. The first kappa shape index (κ1) is 16.0. The van der Waals surface area contributed by atoms with Gasteiger partial charge in [-0.3, -0.25) is 4.79 Å². The van der Waals surface area contributed by atoms with Crippen molar-refractivity contribution in [3.8, 4) is 0 Å². The molecule has 2 aliphatic carbocycles. The van der Waals surface area contributed by atoms with Gasteiger partial charge < -0.3 is 9.47 Å². The van der Waals surface area contributed by atoms with Crippen LogP contribution < -0.4 is 0 Å². The van der Waals surface area contributed by atoms with Crippen molar-refractivity contribution in [2.45, 2.75) is 50.7 Å².